The third kappa shape index (κ3) is 2.61. The second kappa shape index (κ2) is 5.64. The highest BCUT2D eigenvalue weighted by molar-refractivity contribution is 7.92. The van der Waals surface area contributed by atoms with Gasteiger partial charge in [0.1, 0.15) is 5.75 Å². The number of carbonyl (C=O) groups is 2. The molecule has 0 saturated heterocycles. The van der Waals surface area contributed by atoms with Gasteiger partial charge in [-0.15, -0.1) is 0 Å². The van der Waals surface area contributed by atoms with Crippen molar-refractivity contribution in [1.29, 1.82) is 0 Å². The van der Waals surface area contributed by atoms with Gasteiger partial charge in [0.25, 0.3) is 21.8 Å². The lowest BCUT2D eigenvalue weighted by Crippen LogP contribution is -2.24. The number of carbonyl (C=O) groups excluding carboxylic acids is 2. The third-order valence-electron chi connectivity index (χ3n) is 3.71. The lowest BCUT2D eigenvalue weighted by Gasteiger charge is -2.09. The molecule has 8 heteroatoms. The molecule has 0 spiro atoms. The predicted molar refractivity (Wildman–Crippen MR) is 86.7 cm³/mol. The van der Waals surface area contributed by atoms with Crippen LogP contribution in [0.4, 0.5) is 5.69 Å². The van der Waals surface area contributed by atoms with Crippen molar-refractivity contribution in [2.75, 3.05) is 18.9 Å². The molecule has 1 heterocycles. The minimum atomic E-state index is -3.82. The molecular formula is C16H14N2O5S. The Morgan fingerprint density at radius 3 is 2.21 bits per heavy atom. The zero-order chi connectivity index (χ0) is 17.5. The van der Waals surface area contributed by atoms with E-state index in [1.54, 1.807) is 0 Å². The number of imide groups is 1. The summed E-state index contributed by atoms with van der Waals surface area (Å²) in [5, 5.41) is 0. The van der Waals surface area contributed by atoms with E-state index in [1.807, 2.05) is 0 Å². The van der Waals surface area contributed by atoms with Crippen molar-refractivity contribution >= 4 is 27.5 Å². The standard InChI is InChI=1S/C16H14N2O5S/c1-18-15(19)13-8-3-10(9-14(13)16(18)20)17-24(21,22)12-6-4-11(23-2)5-7-12/h3-9,17H,1-2H3. The summed E-state index contributed by atoms with van der Waals surface area (Å²) in [6.07, 6.45) is 0. The highest BCUT2D eigenvalue weighted by Gasteiger charge is 2.33. The van der Waals surface area contributed by atoms with E-state index in [0.29, 0.717) is 5.75 Å². The number of benzene rings is 2. The largest absolute Gasteiger partial charge is 0.497 e. The summed E-state index contributed by atoms with van der Waals surface area (Å²) >= 11 is 0. The maximum atomic E-state index is 12.4. The Morgan fingerprint density at radius 2 is 1.58 bits per heavy atom. The molecule has 2 amide bonds. The Morgan fingerprint density at radius 1 is 0.958 bits per heavy atom. The summed E-state index contributed by atoms with van der Waals surface area (Å²) in [5.41, 5.74) is 0.647. The summed E-state index contributed by atoms with van der Waals surface area (Å²) in [6.45, 7) is 0. The number of anilines is 1. The van der Waals surface area contributed by atoms with Gasteiger partial charge in [-0.25, -0.2) is 8.42 Å². The summed E-state index contributed by atoms with van der Waals surface area (Å²) < 4.78 is 32.2. The van der Waals surface area contributed by atoms with Crippen LogP contribution in [-0.2, 0) is 10.0 Å². The Hall–Kier alpha value is -2.87. The molecule has 1 aliphatic rings. The van der Waals surface area contributed by atoms with Crippen LogP contribution in [0.5, 0.6) is 5.75 Å². The molecule has 0 radical (unpaired) electrons. The van der Waals surface area contributed by atoms with Gasteiger partial charge in [0.05, 0.1) is 23.1 Å². The summed E-state index contributed by atoms with van der Waals surface area (Å²) in [5.74, 6) is -0.321. The molecule has 0 aromatic heterocycles. The van der Waals surface area contributed by atoms with E-state index in [1.165, 1.54) is 56.6 Å². The number of amides is 2. The summed E-state index contributed by atoms with van der Waals surface area (Å²) in [7, 11) is -0.947. The molecule has 0 bridgehead atoms. The summed E-state index contributed by atoms with van der Waals surface area (Å²) in [6, 6.07) is 10.1. The molecular weight excluding hydrogens is 332 g/mol. The third-order valence-corrected chi connectivity index (χ3v) is 5.11. The predicted octanol–water partition coefficient (Wildman–Crippen LogP) is 1.72. The average Bonchev–Trinajstić information content (AvgIpc) is 2.79. The Labute approximate surface area is 138 Å². The van der Waals surface area contributed by atoms with E-state index < -0.39 is 21.8 Å². The van der Waals surface area contributed by atoms with E-state index in [2.05, 4.69) is 4.72 Å². The fourth-order valence-electron chi connectivity index (χ4n) is 2.39. The van der Waals surface area contributed by atoms with Gasteiger partial charge in [-0.3, -0.25) is 19.2 Å². The molecule has 0 saturated carbocycles. The smallest absolute Gasteiger partial charge is 0.261 e. The van der Waals surface area contributed by atoms with Crippen molar-refractivity contribution < 1.29 is 22.7 Å². The molecule has 1 aliphatic heterocycles. The van der Waals surface area contributed by atoms with Gasteiger partial charge in [0, 0.05) is 12.7 Å². The number of sulfonamides is 1. The number of nitrogens with one attached hydrogen (secondary N) is 1. The first-order valence-electron chi connectivity index (χ1n) is 6.97. The van der Waals surface area contributed by atoms with Crippen LogP contribution in [0.2, 0.25) is 0 Å². The lowest BCUT2D eigenvalue weighted by molar-refractivity contribution is 0.0693. The monoisotopic (exact) mass is 346 g/mol. The van der Waals surface area contributed by atoms with Crippen molar-refractivity contribution in [2.45, 2.75) is 4.90 Å². The van der Waals surface area contributed by atoms with Crippen LogP contribution in [-0.4, -0.2) is 39.3 Å². The molecule has 0 fully saturated rings. The molecule has 2 aromatic carbocycles. The molecule has 0 atom stereocenters. The average molecular weight is 346 g/mol. The first-order chi connectivity index (χ1) is 11.3. The summed E-state index contributed by atoms with van der Waals surface area (Å²) in [4.78, 5) is 24.9. The van der Waals surface area contributed by atoms with Crippen molar-refractivity contribution in [3.05, 3.63) is 53.6 Å². The molecule has 1 N–H and O–H groups in total. The highest BCUT2D eigenvalue weighted by atomic mass is 32.2. The Balaban J connectivity index is 1.91. The van der Waals surface area contributed by atoms with Crippen molar-refractivity contribution in [1.82, 2.24) is 4.90 Å². The Kier molecular flexibility index (Phi) is 3.76. The van der Waals surface area contributed by atoms with Gasteiger partial charge in [-0.05, 0) is 42.5 Å². The minimum Gasteiger partial charge on any atom is -0.497 e. The van der Waals surface area contributed by atoms with E-state index in [9.17, 15) is 18.0 Å². The maximum Gasteiger partial charge on any atom is 0.261 e. The van der Waals surface area contributed by atoms with E-state index in [4.69, 9.17) is 4.74 Å². The molecule has 24 heavy (non-hydrogen) atoms. The van der Waals surface area contributed by atoms with Crippen LogP contribution < -0.4 is 9.46 Å². The number of nitrogens with zero attached hydrogens (tertiary/aromatic N) is 1. The van der Waals surface area contributed by atoms with Gasteiger partial charge in [-0.2, -0.15) is 0 Å². The zero-order valence-electron chi connectivity index (χ0n) is 12.9. The number of ether oxygens (including phenoxy) is 1. The molecule has 2 aromatic rings. The fourth-order valence-corrected chi connectivity index (χ4v) is 3.44. The topological polar surface area (TPSA) is 92.8 Å². The van der Waals surface area contributed by atoms with Gasteiger partial charge < -0.3 is 4.74 Å². The van der Waals surface area contributed by atoms with Crippen LogP contribution >= 0.6 is 0 Å². The van der Waals surface area contributed by atoms with Crippen molar-refractivity contribution in [2.24, 2.45) is 0 Å². The van der Waals surface area contributed by atoms with Gasteiger partial charge in [-0.1, -0.05) is 0 Å². The Bertz CT molecular complexity index is 935. The molecule has 0 aliphatic carbocycles. The SMILES string of the molecule is COc1ccc(S(=O)(=O)Nc2ccc3c(c2)C(=O)N(C)C3=O)cc1. The van der Waals surface area contributed by atoms with Crippen LogP contribution in [0.15, 0.2) is 47.4 Å². The number of fused-ring (bicyclic) bond motifs is 1. The first-order valence-corrected chi connectivity index (χ1v) is 8.45. The first kappa shape index (κ1) is 16.0. The second-order valence-electron chi connectivity index (χ2n) is 5.21. The molecule has 3 rings (SSSR count). The number of hydrogen-bond acceptors (Lipinski definition) is 5. The molecule has 7 nitrogen and oxygen atoms in total. The maximum absolute atomic E-state index is 12.4. The van der Waals surface area contributed by atoms with E-state index >= 15 is 0 Å². The second-order valence-corrected chi connectivity index (χ2v) is 6.89. The van der Waals surface area contributed by atoms with Gasteiger partial charge >= 0.3 is 0 Å². The van der Waals surface area contributed by atoms with Crippen LogP contribution in [0.3, 0.4) is 0 Å². The molecule has 124 valence electrons. The number of rotatable bonds is 4. The number of hydrogen-bond donors (Lipinski definition) is 1. The van der Waals surface area contributed by atoms with Crippen LogP contribution in [0, 0.1) is 0 Å². The quantitative estimate of drug-likeness (QED) is 0.851. The van der Waals surface area contributed by atoms with Crippen molar-refractivity contribution in [3.8, 4) is 5.75 Å². The lowest BCUT2D eigenvalue weighted by atomic mass is 10.1. The van der Waals surface area contributed by atoms with Gasteiger partial charge in [0.2, 0.25) is 0 Å². The van der Waals surface area contributed by atoms with E-state index in [-0.39, 0.29) is 21.7 Å². The fraction of sp³-hybridized carbons (Fsp3) is 0.125. The minimum absolute atomic E-state index is 0.0586. The van der Waals surface area contributed by atoms with E-state index in [0.717, 1.165) is 4.90 Å². The van der Waals surface area contributed by atoms with Crippen LogP contribution in [0.1, 0.15) is 20.7 Å². The zero-order valence-corrected chi connectivity index (χ0v) is 13.8. The normalized spacial score (nSPS) is 13.8. The number of methoxy groups -OCH3 is 1. The van der Waals surface area contributed by atoms with Crippen molar-refractivity contribution in [3.63, 3.8) is 0 Å². The van der Waals surface area contributed by atoms with Gasteiger partial charge in [0.15, 0.2) is 0 Å². The highest BCUT2D eigenvalue weighted by Crippen LogP contribution is 2.26. The molecule has 0 unspecified atom stereocenters. The van der Waals surface area contributed by atoms with Crippen LogP contribution in [0.25, 0.3) is 0 Å².